The minimum atomic E-state index is -1.14. The van der Waals surface area contributed by atoms with Crippen molar-refractivity contribution < 1.29 is 28.2 Å². The normalized spacial score (nSPS) is 13.4. The molecule has 2 aromatic rings. The van der Waals surface area contributed by atoms with Gasteiger partial charge < -0.3 is 19.7 Å². The summed E-state index contributed by atoms with van der Waals surface area (Å²) in [5.74, 6) is -3.14. The van der Waals surface area contributed by atoms with Crippen LogP contribution in [-0.2, 0) is 24.4 Å². The summed E-state index contributed by atoms with van der Waals surface area (Å²) >= 11 is 0. The van der Waals surface area contributed by atoms with Gasteiger partial charge in [0.25, 0.3) is 5.91 Å². The first-order chi connectivity index (χ1) is 11.5. The van der Waals surface area contributed by atoms with Crippen LogP contribution in [0.5, 0.6) is 0 Å². The molecule has 126 valence electrons. The zero-order valence-corrected chi connectivity index (χ0v) is 12.5. The van der Waals surface area contributed by atoms with E-state index in [9.17, 15) is 23.5 Å². The number of amides is 1. The van der Waals surface area contributed by atoms with Gasteiger partial charge in [0.05, 0.1) is 24.5 Å². The number of nitrogens with zero attached hydrogens (tertiary/aromatic N) is 1. The van der Waals surface area contributed by atoms with Crippen LogP contribution in [0.4, 0.5) is 8.78 Å². The van der Waals surface area contributed by atoms with Crippen LogP contribution in [-0.4, -0.2) is 28.2 Å². The number of carboxylic acid groups (broad SMARTS) is 1. The Hall–Kier alpha value is -2.74. The SMILES string of the molecule is O=C(NCc1ccc(F)cc1F)c1cc(C(=O)O)n2c1COCC2. The number of carboxylic acids is 1. The molecule has 1 aliphatic rings. The molecule has 24 heavy (non-hydrogen) atoms. The van der Waals surface area contributed by atoms with Gasteiger partial charge >= 0.3 is 5.97 Å². The lowest BCUT2D eigenvalue weighted by molar-refractivity contribution is 0.0642. The summed E-state index contributed by atoms with van der Waals surface area (Å²) < 4.78 is 33.3. The second kappa shape index (κ2) is 6.40. The molecule has 2 N–H and O–H groups in total. The van der Waals surface area contributed by atoms with Crippen LogP contribution in [0, 0.1) is 11.6 Å². The summed E-state index contributed by atoms with van der Waals surface area (Å²) in [5, 5.41) is 11.7. The Kier molecular flexibility index (Phi) is 4.30. The fourth-order valence-corrected chi connectivity index (χ4v) is 2.63. The summed E-state index contributed by atoms with van der Waals surface area (Å²) in [4.78, 5) is 23.6. The summed E-state index contributed by atoms with van der Waals surface area (Å²) in [6.45, 7) is 0.695. The Bertz CT molecular complexity index is 817. The molecule has 0 saturated carbocycles. The summed E-state index contributed by atoms with van der Waals surface area (Å²) in [6.07, 6.45) is 0. The van der Waals surface area contributed by atoms with Gasteiger partial charge in [-0.25, -0.2) is 13.6 Å². The number of hydrogen-bond acceptors (Lipinski definition) is 3. The van der Waals surface area contributed by atoms with Crippen molar-refractivity contribution >= 4 is 11.9 Å². The number of aromatic nitrogens is 1. The lowest BCUT2D eigenvalue weighted by Crippen LogP contribution is -2.26. The van der Waals surface area contributed by atoms with Gasteiger partial charge in [0.2, 0.25) is 0 Å². The monoisotopic (exact) mass is 336 g/mol. The molecule has 1 amide bonds. The van der Waals surface area contributed by atoms with Crippen LogP contribution in [0.15, 0.2) is 24.3 Å². The lowest BCUT2D eigenvalue weighted by Gasteiger charge is -2.18. The number of fused-ring (bicyclic) bond motifs is 1. The molecule has 8 heteroatoms. The van der Waals surface area contributed by atoms with Gasteiger partial charge in [-0.3, -0.25) is 4.79 Å². The summed E-state index contributed by atoms with van der Waals surface area (Å²) in [5.41, 5.74) is 0.782. The number of nitrogens with one attached hydrogen (secondary N) is 1. The van der Waals surface area contributed by atoms with Gasteiger partial charge in [0, 0.05) is 24.7 Å². The molecule has 0 spiro atoms. The average molecular weight is 336 g/mol. The quantitative estimate of drug-likeness (QED) is 0.894. The fraction of sp³-hybridized carbons (Fsp3) is 0.250. The maximum atomic E-state index is 13.6. The van der Waals surface area contributed by atoms with Gasteiger partial charge in [-0.05, 0) is 12.1 Å². The molecule has 0 aliphatic carbocycles. The Balaban J connectivity index is 1.81. The number of carbonyl (C=O) groups excluding carboxylic acids is 1. The molecule has 0 unspecified atom stereocenters. The predicted molar refractivity (Wildman–Crippen MR) is 78.6 cm³/mol. The predicted octanol–water partition coefficient (Wildman–Crippen LogP) is 1.92. The molecule has 2 heterocycles. The second-order valence-corrected chi connectivity index (χ2v) is 5.32. The lowest BCUT2D eigenvalue weighted by atomic mass is 10.2. The third kappa shape index (κ3) is 3.00. The van der Waals surface area contributed by atoms with E-state index in [1.54, 1.807) is 0 Å². The largest absolute Gasteiger partial charge is 0.477 e. The Morgan fingerprint density at radius 2 is 2.08 bits per heavy atom. The Morgan fingerprint density at radius 1 is 1.29 bits per heavy atom. The Morgan fingerprint density at radius 3 is 2.79 bits per heavy atom. The average Bonchev–Trinajstić information content (AvgIpc) is 2.94. The Labute approximate surface area is 135 Å². The van der Waals surface area contributed by atoms with E-state index < -0.39 is 23.5 Å². The minimum Gasteiger partial charge on any atom is -0.477 e. The van der Waals surface area contributed by atoms with Gasteiger partial charge in [-0.1, -0.05) is 6.07 Å². The topological polar surface area (TPSA) is 80.6 Å². The number of rotatable bonds is 4. The van der Waals surface area contributed by atoms with E-state index >= 15 is 0 Å². The maximum absolute atomic E-state index is 13.6. The van der Waals surface area contributed by atoms with E-state index in [0.29, 0.717) is 18.8 Å². The second-order valence-electron chi connectivity index (χ2n) is 5.32. The van der Waals surface area contributed by atoms with E-state index in [-0.39, 0.29) is 30.0 Å². The van der Waals surface area contributed by atoms with Crippen LogP contribution < -0.4 is 5.32 Å². The number of halogens is 2. The van der Waals surface area contributed by atoms with Gasteiger partial charge in [0.15, 0.2) is 0 Å². The van der Waals surface area contributed by atoms with E-state index in [2.05, 4.69) is 5.32 Å². The molecule has 1 aromatic carbocycles. The smallest absolute Gasteiger partial charge is 0.352 e. The van der Waals surface area contributed by atoms with E-state index in [1.807, 2.05) is 0 Å². The van der Waals surface area contributed by atoms with Crippen molar-refractivity contribution in [2.24, 2.45) is 0 Å². The molecule has 0 fully saturated rings. The third-order valence-electron chi connectivity index (χ3n) is 3.82. The van der Waals surface area contributed by atoms with Gasteiger partial charge in [0.1, 0.15) is 17.3 Å². The van der Waals surface area contributed by atoms with E-state index in [0.717, 1.165) is 12.1 Å². The highest BCUT2D eigenvalue weighted by Gasteiger charge is 2.25. The van der Waals surface area contributed by atoms with Crippen molar-refractivity contribution in [2.45, 2.75) is 19.7 Å². The van der Waals surface area contributed by atoms with Crippen LogP contribution >= 0.6 is 0 Å². The van der Waals surface area contributed by atoms with Crippen LogP contribution in [0.3, 0.4) is 0 Å². The molecular weight excluding hydrogens is 322 g/mol. The molecule has 0 bridgehead atoms. The fourth-order valence-electron chi connectivity index (χ4n) is 2.63. The highest BCUT2D eigenvalue weighted by atomic mass is 19.1. The first-order valence-corrected chi connectivity index (χ1v) is 7.23. The molecule has 1 aliphatic heterocycles. The number of benzene rings is 1. The molecule has 0 radical (unpaired) electrons. The molecule has 0 saturated heterocycles. The molecular formula is C16H14F2N2O4. The standard InChI is InChI=1S/C16H14F2N2O4/c17-10-2-1-9(12(18)5-10)7-19-15(21)11-6-13(16(22)23)20-3-4-24-8-14(11)20/h1-2,5-6H,3-4,7-8H2,(H,19,21)(H,22,23). The van der Waals surface area contributed by atoms with E-state index in [1.165, 1.54) is 16.7 Å². The maximum Gasteiger partial charge on any atom is 0.352 e. The number of hydrogen-bond donors (Lipinski definition) is 2. The van der Waals surface area contributed by atoms with Crippen LogP contribution in [0.2, 0.25) is 0 Å². The molecule has 6 nitrogen and oxygen atoms in total. The third-order valence-corrected chi connectivity index (χ3v) is 3.82. The zero-order chi connectivity index (χ0) is 17.3. The van der Waals surface area contributed by atoms with Crippen molar-refractivity contribution in [3.63, 3.8) is 0 Å². The van der Waals surface area contributed by atoms with Crippen molar-refractivity contribution in [3.05, 3.63) is 58.4 Å². The first-order valence-electron chi connectivity index (χ1n) is 7.23. The minimum absolute atomic E-state index is 0.00594. The van der Waals surface area contributed by atoms with Crippen molar-refractivity contribution in [1.82, 2.24) is 9.88 Å². The highest BCUT2D eigenvalue weighted by Crippen LogP contribution is 2.21. The van der Waals surface area contributed by atoms with E-state index in [4.69, 9.17) is 4.74 Å². The number of aromatic carboxylic acids is 1. The summed E-state index contributed by atoms with van der Waals surface area (Å²) in [6, 6.07) is 4.36. The first kappa shape index (κ1) is 16.1. The van der Waals surface area contributed by atoms with Gasteiger partial charge in [-0.15, -0.1) is 0 Å². The zero-order valence-electron chi connectivity index (χ0n) is 12.5. The van der Waals surface area contributed by atoms with Crippen LogP contribution in [0.25, 0.3) is 0 Å². The van der Waals surface area contributed by atoms with Crippen molar-refractivity contribution in [1.29, 1.82) is 0 Å². The molecule has 3 rings (SSSR count). The van der Waals surface area contributed by atoms with Crippen molar-refractivity contribution in [2.75, 3.05) is 6.61 Å². The number of ether oxygens (including phenoxy) is 1. The summed E-state index contributed by atoms with van der Waals surface area (Å²) in [7, 11) is 0. The van der Waals surface area contributed by atoms with Crippen molar-refractivity contribution in [3.8, 4) is 0 Å². The van der Waals surface area contributed by atoms with Gasteiger partial charge in [-0.2, -0.15) is 0 Å². The number of carbonyl (C=O) groups is 2. The highest BCUT2D eigenvalue weighted by molar-refractivity contribution is 5.98. The van der Waals surface area contributed by atoms with Crippen LogP contribution in [0.1, 0.15) is 32.1 Å². The molecule has 1 aromatic heterocycles. The molecule has 0 atom stereocenters.